The van der Waals surface area contributed by atoms with Crippen LogP contribution in [0.25, 0.3) is 0 Å². The van der Waals surface area contributed by atoms with Crippen LogP contribution in [0.1, 0.15) is 25.3 Å². The summed E-state index contributed by atoms with van der Waals surface area (Å²) in [7, 11) is 0. The van der Waals surface area contributed by atoms with Gasteiger partial charge < -0.3 is 10.2 Å². The molecule has 0 spiro atoms. The first-order valence-electron chi connectivity index (χ1n) is 6.55. The van der Waals surface area contributed by atoms with Gasteiger partial charge in [0.2, 0.25) is 0 Å². The van der Waals surface area contributed by atoms with Gasteiger partial charge in [-0.2, -0.15) is 0 Å². The molecule has 2 rings (SSSR count). The lowest BCUT2D eigenvalue weighted by molar-refractivity contribution is 0.202. The lowest BCUT2D eigenvalue weighted by Crippen LogP contribution is -2.36. The van der Waals surface area contributed by atoms with Gasteiger partial charge in [0.25, 0.3) is 0 Å². The van der Waals surface area contributed by atoms with Gasteiger partial charge in [0.15, 0.2) is 0 Å². The van der Waals surface area contributed by atoms with Crippen molar-refractivity contribution >= 4 is 6.03 Å². The molecule has 1 aliphatic rings. The number of urea groups is 1. The summed E-state index contributed by atoms with van der Waals surface area (Å²) >= 11 is 0. The van der Waals surface area contributed by atoms with Crippen LogP contribution in [-0.4, -0.2) is 17.5 Å². The molecule has 0 saturated heterocycles. The molecule has 0 heterocycles. The van der Waals surface area contributed by atoms with Crippen LogP contribution in [0.3, 0.4) is 0 Å². The molecule has 3 heteroatoms. The number of rotatable bonds is 5. The number of carbonyl (C=O) groups excluding carboxylic acids is 1. The van der Waals surface area contributed by atoms with E-state index in [1.54, 1.807) is 11.1 Å². The van der Waals surface area contributed by atoms with E-state index in [1.165, 1.54) is 12.8 Å². The number of nitrogens with zero attached hydrogens (tertiary/aromatic N) is 1. The second kappa shape index (κ2) is 6.24. The summed E-state index contributed by atoms with van der Waals surface area (Å²) in [6.07, 6.45) is 6.38. The molecule has 1 aromatic rings. The number of amides is 2. The minimum absolute atomic E-state index is 0.0294. The molecule has 0 radical (unpaired) electrons. The maximum Gasteiger partial charge on any atom is 0.321 e. The van der Waals surface area contributed by atoms with Crippen LogP contribution in [-0.2, 0) is 6.54 Å². The van der Waals surface area contributed by atoms with Gasteiger partial charge in [0.05, 0.1) is 0 Å². The summed E-state index contributed by atoms with van der Waals surface area (Å²) in [5, 5.41) is 2.83. The number of hydrogen-bond acceptors (Lipinski definition) is 1. The number of nitrogens with one attached hydrogen (secondary N) is 1. The third kappa shape index (κ3) is 3.91. The van der Waals surface area contributed by atoms with E-state index in [-0.39, 0.29) is 6.03 Å². The second-order valence-corrected chi connectivity index (χ2v) is 4.65. The van der Waals surface area contributed by atoms with E-state index in [0.717, 1.165) is 5.56 Å². The fraction of sp³-hybridized carbons (Fsp3) is 0.400. The monoisotopic (exact) mass is 244 g/mol. The van der Waals surface area contributed by atoms with Crippen LogP contribution in [0.5, 0.6) is 0 Å². The van der Waals surface area contributed by atoms with E-state index in [2.05, 4.69) is 11.4 Å². The fourth-order valence-electron chi connectivity index (χ4n) is 1.77. The van der Waals surface area contributed by atoms with Crippen molar-refractivity contribution in [1.29, 1.82) is 0 Å². The Labute approximate surface area is 108 Å². The van der Waals surface area contributed by atoms with Crippen LogP contribution < -0.4 is 5.32 Å². The number of allylic oxidation sites excluding steroid dienone is 1. The minimum atomic E-state index is -0.0294. The van der Waals surface area contributed by atoms with Crippen molar-refractivity contribution in [2.45, 2.75) is 26.3 Å². The summed E-state index contributed by atoms with van der Waals surface area (Å²) in [4.78, 5) is 13.7. The zero-order valence-electron chi connectivity index (χ0n) is 10.8. The minimum Gasteiger partial charge on any atom is -0.321 e. The molecule has 1 fully saturated rings. The lowest BCUT2D eigenvalue weighted by Gasteiger charge is -2.20. The topological polar surface area (TPSA) is 32.3 Å². The van der Waals surface area contributed by atoms with E-state index in [1.807, 2.05) is 37.3 Å². The van der Waals surface area contributed by atoms with E-state index in [4.69, 9.17) is 0 Å². The van der Waals surface area contributed by atoms with E-state index in [0.29, 0.717) is 19.0 Å². The average molecular weight is 244 g/mol. The highest BCUT2D eigenvalue weighted by Crippen LogP contribution is 2.29. The SMILES string of the molecule is CCN(Cc1ccccc1)C(=O)N/C=C/C1CC1. The fourth-order valence-corrected chi connectivity index (χ4v) is 1.77. The Morgan fingerprint density at radius 1 is 1.39 bits per heavy atom. The molecular formula is C15H20N2O. The molecule has 18 heavy (non-hydrogen) atoms. The van der Waals surface area contributed by atoms with E-state index in [9.17, 15) is 4.79 Å². The van der Waals surface area contributed by atoms with Crippen LogP contribution in [0.2, 0.25) is 0 Å². The summed E-state index contributed by atoms with van der Waals surface area (Å²) in [5.41, 5.74) is 1.15. The van der Waals surface area contributed by atoms with Crippen LogP contribution in [0.4, 0.5) is 4.79 Å². The van der Waals surface area contributed by atoms with Gasteiger partial charge in [0.1, 0.15) is 0 Å². The summed E-state index contributed by atoms with van der Waals surface area (Å²) in [5.74, 6) is 0.689. The quantitative estimate of drug-likeness (QED) is 0.848. The molecule has 0 aromatic heterocycles. The molecule has 0 aliphatic heterocycles. The highest BCUT2D eigenvalue weighted by molar-refractivity contribution is 5.75. The third-order valence-electron chi connectivity index (χ3n) is 3.08. The Bertz CT molecular complexity index is 410. The van der Waals surface area contributed by atoms with Gasteiger partial charge in [-0.25, -0.2) is 4.79 Å². The molecule has 2 amide bonds. The van der Waals surface area contributed by atoms with Crippen molar-refractivity contribution < 1.29 is 4.79 Å². The van der Waals surface area contributed by atoms with Crippen molar-refractivity contribution in [3.8, 4) is 0 Å². The normalized spacial score (nSPS) is 14.7. The Balaban J connectivity index is 1.85. The maximum absolute atomic E-state index is 11.9. The molecule has 1 aliphatic carbocycles. The maximum atomic E-state index is 11.9. The zero-order chi connectivity index (χ0) is 12.8. The second-order valence-electron chi connectivity index (χ2n) is 4.65. The van der Waals surface area contributed by atoms with Gasteiger partial charge in [-0.1, -0.05) is 36.4 Å². The van der Waals surface area contributed by atoms with Crippen molar-refractivity contribution in [1.82, 2.24) is 10.2 Å². The van der Waals surface area contributed by atoms with Crippen molar-refractivity contribution in [3.05, 3.63) is 48.2 Å². The first kappa shape index (κ1) is 12.7. The standard InChI is InChI=1S/C15H20N2O/c1-2-17(12-14-6-4-3-5-7-14)15(18)16-11-10-13-8-9-13/h3-7,10-11,13H,2,8-9,12H2,1H3,(H,16,18)/b11-10+. The molecule has 1 aromatic carbocycles. The number of benzene rings is 1. The Hall–Kier alpha value is -1.77. The van der Waals surface area contributed by atoms with E-state index >= 15 is 0 Å². The smallest absolute Gasteiger partial charge is 0.321 e. The number of carbonyl (C=O) groups is 1. The van der Waals surface area contributed by atoms with Gasteiger partial charge in [-0.05, 0) is 31.2 Å². The summed E-state index contributed by atoms with van der Waals surface area (Å²) in [6, 6.07) is 10.0. The zero-order valence-corrected chi connectivity index (χ0v) is 10.8. The van der Waals surface area contributed by atoms with E-state index < -0.39 is 0 Å². The van der Waals surface area contributed by atoms with Gasteiger partial charge >= 0.3 is 6.03 Å². The highest BCUT2D eigenvalue weighted by atomic mass is 16.2. The average Bonchev–Trinajstić information content (AvgIpc) is 3.21. The molecule has 1 saturated carbocycles. The first-order valence-corrected chi connectivity index (χ1v) is 6.55. The van der Waals surface area contributed by atoms with Crippen molar-refractivity contribution in [3.63, 3.8) is 0 Å². The van der Waals surface area contributed by atoms with Gasteiger partial charge in [0, 0.05) is 19.3 Å². The molecule has 3 nitrogen and oxygen atoms in total. The van der Waals surface area contributed by atoms with Gasteiger partial charge in [-0.3, -0.25) is 0 Å². The van der Waals surface area contributed by atoms with Crippen LogP contribution in [0.15, 0.2) is 42.6 Å². The summed E-state index contributed by atoms with van der Waals surface area (Å²) < 4.78 is 0. The third-order valence-corrected chi connectivity index (χ3v) is 3.08. The first-order chi connectivity index (χ1) is 8.79. The van der Waals surface area contributed by atoms with Crippen LogP contribution >= 0.6 is 0 Å². The van der Waals surface area contributed by atoms with Gasteiger partial charge in [-0.15, -0.1) is 0 Å². The molecule has 0 atom stereocenters. The lowest BCUT2D eigenvalue weighted by atomic mass is 10.2. The predicted octanol–water partition coefficient (Wildman–Crippen LogP) is 3.14. The summed E-state index contributed by atoms with van der Waals surface area (Å²) in [6.45, 7) is 3.35. The van der Waals surface area contributed by atoms with Crippen LogP contribution in [0, 0.1) is 5.92 Å². The molecule has 0 bridgehead atoms. The largest absolute Gasteiger partial charge is 0.321 e. The van der Waals surface area contributed by atoms with Crippen molar-refractivity contribution in [2.24, 2.45) is 5.92 Å². The molecule has 96 valence electrons. The van der Waals surface area contributed by atoms with Crippen molar-refractivity contribution in [2.75, 3.05) is 6.54 Å². The Morgan fingerprint density at radius 3 is 2.72 bits per heavy atom. The Kier molecular flexibility index (Phi) is 4.40. The Morgan fingerprint density at radius 2 is 2.11 bits per heavy atom. The molecule has 1 N–H and O–H groups in total. The molecule has 0 unspecified atom stereocenters. The molecular weight excluding hydrogens is 224 g/mol. The number of hydrogen-bond donors (Lipinski definition) is 1. The highest BCUT2D eigenvalue weighted by Gasteiger charge is 2.17. The predicted molar refractivity (Wildman–Crippen MR) is 72.9 cm³/mol.